The number of likely N-dealkylation sites (N-methyl/N-ethyl adjacent to an activating group) is 1. The SMILES string of the molecule is CN(C(=O)c1ccc2nc(N)n3cncc3c2c1)[C@H]1COc2cc(C(F)(F)F)ccc21. The minimum atomic E-state index is -4.46. The summed E-state index contributed by atoms with van der Waals surface area (Å²) in [5, 5.41) is 0.712. The van der Waals surface area contributed by atoms with E-state index in [0.29, 0.717) is 27.5 Å². The van der Waals surface area contributed by atoms with Crippen molar-refractivity contribution in [1.82, 2.24) is 19.3 Å². The second-order valence-corrected chi connectivity index (χ2v) is 7.34. The molecule has 31 heavy (non-hydrogen) atoms. The maximum atomic E-state index is 13.2. The molecule has 2 N–H and O–H groups in total. The van der Waals surface area contributed by atoms with Gasteiger partial charge in [0.25, 0.3) is 5.91 Å². The van der Waals surface area contributed by atoms with Crippen LogP contribution in [0.3, 0.4) is 0 Å². The summed E-state index contributed by atoms with van der Waals surface area (Å²) in [6, 6.07) is 7.89. The molecule has 1 amide bonds. The van der Waals surface area contributed by atoms with Gasteiger partial charge in [-0.15, -0.1) is 0 Å². The molecule has 4 aromatic rings. The van der Waals surface area contributed by atoms with Crippen molar-refractivity contribution in [2.75, 3.05) is 19.4 Å². The molecule has 0 spiro atoms. The highest BCUT2D eigenvalue weighted by Gasteiger charge is 2.36. The van der Waals surface area contributed by atoms with E-state index >= 15 is 0 Å². The fraction of sp³-hybridized carbons (Fsp3) is 0.190. The summed E-state index contributed by atoms with van der Waals surface area (Å²) in [4.78, 5) is 23.1. The van der Waals surface area contributed by atoms with Crippen molar-refractivity contribution in [3.8, 4) is 5.75 Å². The molecule has 5 rings (SSSR count). The lowest BCUT2D eigenvalue weighted by Gasteiger charge is -2.24. The molecule has 0 aliphatic carbocycles. The Kier molecular flexibility index (Phi) is 4.07. The zero-order valence-electron chi connectivity index (χ0n) is 16.2. The Morgan fingerprint density at radius 3 is 2.84 bits per heavy atom. The topological polar surface area (TPSA) is 85.8 Å². The molecule has 0 saturated heterocycles. The van der Waals surface area contributed by atoms with Crippen molar-refractivity contribution >= 4 is 28.3 Å². The summed E-state index contributed by atoms with van der Waals surface area (Å²) >= 11 is 0. The number of hydrogen-bond acceptors (Lipinski definition) is 5. The molecule has 0 radical (unpaired) electrons. The van der Waals surface area contributed by atoms with Gasteiger partial charge in [0.15, 0.2) is 0 Å². The molecule has 0 fully saturated rings. The van der Waals surface area contributed by atoms with Crippen LogP contribution in [0.25, 0.3) is 16.4 Å². The fourth-order valence-corrected chi connectivity index (χ4v) is 3.86. The molecule has 1 atom stereocenters. The van der Waals surface area contributed by atoms with Gasteiger partial charge in [-0.05, 0) is 30.3 Å². The zero-order chi connectivity index (χ0) is 21.9. The number of nitrogens with zero attached hydrogens (tertiary/aromatic N) is 4. The lowest BCUT2D eigenvalue weighted by molar-refractivity contribution is -0.137. The Labute approximate surface area is 173 Å². The van der Waals surface area contributed by atoms with Gasteiger partial charge in [0.1, 0.15) is 18.7 Å². The van der Waals surface area contributed by atoms with E-state index in [1.54, 1.807) is 42.2 Å². The number of anilines is 1. The first kappa shape index (κ1) is 19.2. The van der Waals surface area contributed by atoms with Gasteiger partial charge in [-0.2, -0.15) is 13.2 Å². The number of carbonyl (C=O) groups excluding carboxylic acids is 1. The second kappa shape index (κ2) is 6.59. The lowest BCUT2D eigenvalue weighted by Crippen LogP contribution is -2.32. The summed E-state index contributed by atoms with van der Waals surface area (Å²) in [7, 11) is 1.60. The smallest absolute Gasteiger partial charge is 0.416 e. The summed E-state index contributed by atoms with van der Waals surface area (Å²) in [6.45, 7) is 0.0808. The Bertz CT molecular complexity index is 1350. The van der Waals surface area contributed by atoms with E-state index in [4.69, 9.17) is 10.5 Å². The summed E-state index contributed by atoms with van der Waals surface area (Å²) < 4.78 is 46.0. The van der Waals surface area contributed by atoms with Crippen molar-refractivity contribution in [2.24, 2.45) is 0 Å². The van der Waals surface area contributed by atoms with Crippen molar-refractivity contribution < 1.29 is 22.7 Å². The number of rotatable bonds is 2. The highest BCUT2D eigenvalue weighted by atomic mass is 19.4. The number of amides is 1. The summed E-state index contributed by atoms with van der Waals surface area (Å²) in [5.74, 6) is 0.130. The molecule has 10 heteroatoms. The third-order valence-electron chi connectivity index (χ3n) is 5.52. The predicted molar refractivity (Wildman–Crippen MR) is 107 cm³/mol. The third kappa shape index (κ3) is 3.02. The van der Waals surface area contributed by atoms with Gasteiger partial charge in [-0.3, -0.25) is 9.20 Å². The number of fused-ring (bicyclic) bond motifs is 4. The van der Waals surface area contributed by atoms with Gasteiger partial charge in [0.05, 0.1) is 28.8 Å². The standard InChI is InChI=1S/C21H16F3N5O2/c1-28(17-9-31-18-7-12(21(22,23)24)3-4-13(17)18)19(30)11-2-5-15-14(6-11)16-8-26-10-29(16)20(25)27-15/h2-8,10,17H,9H2,1H3,(H2,25,27)/t17-/m0/s1. The minimum absolute atomic E-state index is 0.0808. The van der Waals surface area contributed by atoms with E-state index in [2.05, 4.69) is 9.97 Å². The highest BCUT2D eigenvalue weighted by Crippen LogP contribution is 2.40. The Morgan fingerprint density at radius 1 is 1.26 bits per heavy atom. The first-order chi connectivity index (χ1) is 14.7. The van der Waals surface area contributed by atoms with Crippen LogP contribution in [0.5, 0.6) is 5.75 Å². The van der Waals surface area contributed by atoms with Gasteiger partial charge >= 0.3 is 6.18 Å². The van der Waals surface area contributed by atoms with Gasteiger partial charge in [0, 0.05) is 23.6 Å². The fourth-order valence-electron chi connectivity index (χ4n) is 3.86. The zero-order valence-corrected chi connectivity index (χ0v) is 16.2. The molecular weight excluding hydrogens is 411 g/mol. The van der Waals surface area contributed by atoms with Crippen molar-refractivity contribution in [3.05, 3.63) is 65.6 Å². The Morgan fingerprint density at radius 2 is 2.06 bits per heavy atom. The average molecular weight is 427 g/mol. The monoisotopic (exact) mass is 427 g/mol. The van der Waals surface area contributed by atoms with Crippen LogP contribution in [0, 0.1) is 0 Å². The number of nitrogen functional groups attached to an aromatic ring is 1. The van der Waals surface area contributed by atoms with Crippen molar-refractivity contribution in [2.45, 2.75) is 12.2 Å². The highest BCUT2D eigenvalue weighted by molar-refractivity contribution is 6.02. The molecule has 3 heterocycles. The molecule has 158 valence electrons. The molecule has 1 aliphatic rings. The Hall–Kier alpha value is -3.82. The van der Waals surface area contributed by atoms with Crippen LogP contribution in [-0.4, -0.2) is 38.8 Å². The number of halogens is 3. The van der Waals surface area contributed by atoms with Crippen LogP contribution in [-0.2, 0) is 6.18 Å². The predicted octanol–water partition coefficient (Wildman–Crippen LogP) is 3.69. The van der Waals surface area contributed by atoms with Crippen molar-refractivity contribution in [1.29, 1.82) is 0 Å². The number of imidazole rings is 1. The number of alkyl halides is 3. The van der Waals surface area contributed by atoms with Crippen LogP contribution < -0.4 is 10.5 Å². The average Bonchev–Trinajstić information content (AvgIpc) is 3.39. The van der Waals surface area contributed by atoms with E-state index in [9.17, 15) is 18.0 Å². The number of benzene rings is 2. The van der Waals surface area contributed by atoms with Crippen molar-refractivity contribution in [3.63, 3.8) is 0 Å². The minimum Gasteiger partial charge on any atom is -0.491 e. The largest absolute Gasteiger partial charge is 0.491 e. The van der Waals surface area contributed by atoms with E-state index in [1.807, 2.05) is 0 Å². The summed E-state index contributed by atoms with van der Waals surface area (Å²) in [5.41, 5.74) is 7.43. The molecule has 2 aromatic heterocycles. The van der Waals surface area contributed by atoms with Gasteiger partial charge in [0.2, 0.25) is 5.95 Å². The molecular formula is C21H16F3N5O2. The third-order valence-corrected chi connectivity index (χ3v) is 5.52. The van der Waals surface area contributed by atoms with E-state index in [0.717, 1.165) is 12.1 Å². The molecule has 0 unspecified atom stereocenters. The van der Waals surface area contributed by atoms with Crippen LogP contribution in [0.2, 0.25) is 0 Å². The quantitative estimate of drug-likeness (QED) is 0.527. The van der Waals surface area contributed by atoms with Crippen LogP contribution in [0.4, 0.5) is 19.1 Å². The molecule has 0 saturated carbocycles. The van der Waals surface area contributed by atoms with Crippen LogP contribution in [0.1, 0.15) is 27.5 Å². The maximum absolute atomic E-state index is 13.2. The maximum Gasteiger partial charge on any atom is 0.416 e. The van der Waals surface area contributed by atoms with E-state index in [1.165, 1.54) is 11.0 Å². The molecule has 2 aromatic carbocycles. The Balaban J connectivity index is 1.49. The number of aromatic nitrogens is 3. The second-order valence-electron chi connectivity index (χ2n) is 7.34. The lowest BCUT2D eigenvalue weighted by atomic mass is 10.0. The number of hydrogen-bond donors (Lipinski definition) is 1. The van der Waals surface area contributed by atoms with Gasteiger partial charge in [-0.25, -0.2) is 9.97 Å². The normalized spacial score (nSPS) is 15.8. The van der Waals surface area contributed by atoms with Gasteiger partial charge in [-0.1, -0.05) is 6.07 Å². The first-order valence-corrected chi connectivity index (χ1v) is 9.36. The molecule has 7 nitrogen and oxygen atoms in total. The van der Waals surface area contributed by atoms with Crippen LogP contribution >= 0.6 is 0 Å². The van der Waals surface area contributed by atoms with Gasteiger partial charge < -0.3 is 15.4 Å². The van der Waals surface area contributed by atoms with E-state index in [-0.39, 0.29) is 24.2 Å². The number of nitrogens with two attached hydrogens (primary N) is 1. The van der Waals surface area contributed by atoms with E-state index < -0.39 is 17.8 Å². The summed E-state index contributed by atoms with van der Waals surface area (Å²) in [6.07, 6.45) is -1.28. The number of ether oxygens (including phenoxy) is 1. The molecule has 0 bridgehead atoms. The first-order valence-electron chi connectivity index (χ1n) is 9.36. The van der Waals surface area contributed by atoms with Crippen LogP contribution in [0.15, 0.2) is 48.9 Å². The number of carbonyl (C=O) groups is 1. The molecule has 1 aliphatic heterocycles.